The molecule has 0 unspecified atom stereocenters. The maximum Gasteiger partial charge on any atom is 0.179 e. The van der Waals surface area contributed by atoms with Gasteiger partial charge in [-0.2, -0.15) is 13.3 Å². The number of hydrogen-bond acceptors (Lipinski definition) is 6. The van der Waals surface area contributed by atoms with E-state index in [4.69, 9.17) is 11.6 Å². The Kier molecular flexibility index (Phi) is 5.15. The van der Waals surface area contributed by atoms with E-state index in [1.165, 1.54) is 10.6 Å². The molecule has 0 amide bonds. The number of aromatic nitrogens is 4. The Bertz CT molecular complexity index is 1070. The highest BCUT2D eigenvalue weighted by molar-refractivity contribution is 8.13. The molecule has 4 rings (SSSR count). The zero-order valence-corrected chi connectivity index (χ0v) is 15.8. The first kappa shape index (κ1) is 18.0. The summed E-state index contributed by atoms with van der Waals surface area (Å²) in [6, 6.07) is 14.9. The topological polar surface area (TPSA) is 46.3 Å². The van der Waals surface area contributed by atoms with Gasteiger partial charge in [0.15, 0.2) is 36.1 Å². The van der Waals surface area contributed by atoms with Gasteiger partial charge in [0.2, 0.25) is 0 Å². The van der Waals surface area contributed by atoms with Crippen LogP contribution in [0, 0.1) is 0 Å². The van der Waals surface area contributed by atoms with E-state index in [1.54, 1.807) is 12.4 Å². The normalized spacial score (nSPS) is 11.1. The van der Waals surface area contributed by atoms with Gasteiger partial charge in [0.05, 0.1) is 11.9 Å². The van der Waals surface area contributed by atoms with Crippen LogP contribution in [0.4, 0.5) is 13.6 Å². The number of nitrogens with zero attached hydrogens (tertiary/aromatic N) is 5. The van der Waals surface area contributed by atoms with Gasteiger partial charge in [0, 0.05) is 29.0 Å². The molecular formula is C17H10ClF2N5S2. The van der Waals surface area contributed by atoms with Crippen LogP contribution in [0.5, 0.6) is 0 Å². The second-order valence-corrected chi connectivity index (χ2v) is 7.05. The monoisotopic (exact) mass is 421 g/mol. The van der Waals surface area contributed by atoms with Gasteiger partial charge in [-0.15, -0.1) is 7.77 Å². The molecule has 0 fully saturated rings. The summed E-state index contributed by atoms with van der Waals surface area (Å²) in [4.78, 5) is 8.74. The van der Waals surface area contributed by atoms with Crippen LogP contribution in [-0.2, 0) is 0 Å². The van der Waals surface area contributed by atoms with Crippen LogP contribution in [0.15, 0.2) is 60.9 Å². The standard InChI is InChI=1S/C17H10ClF2N5S2/c18-15-8-16(25(26-19)27-20)24-17(23-15)13(10-22-24)12-6-7-14(21-9-12)11-4-2-1-3-5-11/h1-10H. The first-order valence-electron chi connectivity index (χ1n) is 7.65. The van der Waals surface area contributed by atoms with E-state index in [0.717, 1.165) is 16.8 Å². The van der Waals surface area contributed by atoms with Crippen LogP contribution < -0.4 is 3.71 Å². The molecular weight excluding hydrogens is 412 g/mol. The molecule has 0 aliphatic rings. The van der Waals surface area contributed by atoms with Crippen LogP contribution in [0.25, 0.3) is 28.0 Å². The predicted molar refractivity (Wildman–Crippen MR) is 107 cm³/mol. The number of halogens is 3. The lowest BCUT2D eigenvalue weighted by atomic mass is 10.1. The summed E-state index contributed by atoms with van der Waals surface area (Å²) in [6.07, 6.45) is 3.26. The minimum atomic E-state index is -0.287. The molecule has 3 aromatic heterocycles. The van der Waals surface area contributed by atoms with Gasteiger partial charge in [-0.1, -0.05) is 48.0 Å². The van der Waals surface area contributed by atoms with Crippen molar-refractivity contribution in [1.29, 1.82) is 0 Å². The van der Waals surface area contributed by atoms with Gasteiger partial charge in [0.1, 0.15) is 5.15 Å². The summed E-state index contributed by atoms with van der Waals surface area (Å²) in [5.74, 6) is 0.116. The third kappa shape index (κ3) is 3.45. The van der Waals surface area contributed by atoms with Gasteiger partial charge in [-0.3, -0.25) is 4.98 Å². The molecule has 0 saturated heterocycles. The van der Waals surface area contributed by atoms with Crippen molar-refractivity contribution < 1.29 is 7.77 Å². The van der Waals surface area contributed by atoms with E-state index >= 15 is 0 Å². The third-order valence-electron chi connectivity index (χ3n) is 3.88. The lowest BCUT2D eigenvalue weighted by molar-refractivity contribution is 0.900. The van der Waals surface area contributed by atoms with E-state index in [9.17, 15) is 7.77 Å². The lowest BCUT2D eigenvalue weighted by Crippen LogP contribution is -2.07. The molecule has 0 bridgehead atoms. The highest BCUT2D eigenvalue weighted by Gasteiger charge is 2.19. The fourth-order valence-electron chi connectivity index (χ4n) is 2.67. The van der Waals surface area contributed by atoms with Crippen molar-refractivity contribution in [3.05, 3.63) is 66.1 Å². The van der Waals surface area contributed by atoms with Crippen molar-refractivity contribution in [3.8, 4) is 22.4 Å². The van der Waals surface area contributed by atoms with Crippen molar-refractivity contribution in [2.75, 3.05) is 3.71 Å². The number of hydrogen-bond donors (Lipinski definition) is 0. The minimum absolute atomic E-state index is 0.0983. The number of pyridine rings is 1. The lowest BCUT2D eigenvalue weighted by Gasteiger charge is -2.13. The van der Waals surface area contributed by atoms with Crippen molar-refractivity contribution in [2.45, 2.75) is 0 Å². The fourth-order valence-corrected chi connectivity index (χ4v) is 3.33. The van der Waals surface area contributed by atoms with Gasteiger partial charge in [0.25, 0.3) is 0 Å². The SMILES string of the molecule is FSN(SF)c1cc(Cl)nc2c(-c3ccc(-c4ccccc4)nc3)cnn12. The molecule has 0 aliphatic heterocycles. The Morgan fingerprint density at radius 1 is 0.963 bits per heavy atom. The van der Waals surface area contributed by atoms with Crippen LogP contribution >= 0.6 is 36.3 Å². The number of rotatable bonds is 5. The first-order chi connectivity index (χ1) is 13.2. The number of anilines is 1. The highest BCUT2D eigenvalue weighted by atomic mass is 35.5. The highest BCUT2D eigenvalue weighted by Crippen LogP contribution is 2.35. The summed E-state index contributed by atoms with van der Waals surface area (Å²) in [5.41, 5.74) is 3.62. The second-order valence-electron chi connectivity index (χ2n) is 5.42. The van der Waals surface area contributed by atoms with Crippen LogP contribution in [0.2, 0.25) is 5.15 Å². The van der Waals surface area contributed by atoms with E-state index in [2.05, 4.69) is 15.1 Å². The van der Waals surface area contributed by atoms with Crippen LogP contribution in [-0.4, -0.2) is 19.6 Å². The molecule has 0 aliphatic carbocycles. The van der Waals surface area contributed by atoms with Crippen molar-refractivity contribution in [3.63, 3.8) is 0 Å². The van der Waals surface area contributed by atoms with E-state index in [-0.39, 0.29) is 35.6 Å². The summed E-state index contributed by atoms with van der Waals surface area (Å²) in [7, 11) is 0. The molecule has 5 nitrogen and oxygen atoms in total. The van der Waals surface area contributed by atoms with Gasteiger partial charge in [-0.25, -0.2) is 4.98 Å². The van der Waals surface area contributed by atoms with E-state index < -0.39 is 0 Å². The Hall–Kier alpha value is -2.36. The largest absolute Gasteiger partial charge is 0.256 e. The summed E-state index contributed by atoms with van der Waals surface area (Å²) >= 11 is 5.47. The molecule has 0 atom stereocenters. The van der Waals surface area contributed by atoms with Crippen molar-refractivity contribution >= 4 is 47.7 Å². The molecule has 0 spiro atoms. The average Bonchev–Trinajstić information content (AvgIpc) is 3.13. The quantitative estimate of drug-likeness (QED) is 0.291. The molecule has 3 heterocycles. The van der Waals surface area contributed by atoms with Crippen molar-refractivity contribution in [1.82, 2.24) is 19.6 Å². The Morgan fingerprint density at radius 2 is 1.74 bits per heavy atom. The van der Waals surface area contributed by atoms with Gasteiger partial charge in [-0.05, 0) is 6.07 Å². The molecule has 0 radical (unpaired) electrons. The van der Waals surface area contributed by atoms with Crippen molar-refractivity contribution in [2.24, 2.45) is 0 Å². The first-order valence-corrected chi connectivity index (χ1v) is 9.37. The molecule has 0 saturated carbocycles. The summed E-state index contributed by atoms with van der Waals surface area (Å²) in [6.45, 7) is 0. The Labute approximate surface area is 167 Å². The zero-order valence-electron chi connectivity index (χ0n) is 13.5. The van der Waals surface area contributed by atoms with E-state index in [1.807, 2.05) is 42.5 Å². The Morgan fingerprint density at radius 3 is 2.41 bits per heavy atom. The summed E-state index contributed by atoms with van der Waals surface area (Å²) in [5, 5.41) is 4.30. The molecule has 136 valence electrons. The maximum atomic E-state index is 13.0. The molecule has 10 heteroatoms. The number of benzene rings is 1. The average molecular weight is 422 g/mol. The predicted octanol–water partition coefficient (Wildman–Crippen LogP) is 5.98. The summed E-state index contributed by atoms with van der Waals surface area (Å²) < 4.78 is 28.0. The second kappa shape index (κ2) is 7.71. The fraction of sp³-hybridized carbons (Fsp3) is 0. The molecule has 1 aromatic carbocycles. The molecule has 4 aromatic rings. The van der Waals surface area contributed by atoms with Gasteiger partial charge >= 0.3 is 0 Å². The van der Waals surface area contributed by atoms with E-state index in [0.29, 0.717) is 14.9 Å². The van der Waals surface area contributed by atoms with Gasteiger partial charge < -0.3 is 0 Å². The molecule has 27 heavy (non-hydrogen) atoms. The zero-order chi connectivity index (χ0) is 18.8. The van der Waals surface area contributed by atoms with Crippen LogP contribution in [0.3, 0.4) is 0 Å². The Balaban J connectivity index is 1.78. The molecule has 0 N–H and O–H groups in total. The smallest absolute Gasteiger partial charge is 0.179 e. The number of fused-ring (bicyclic) bond motifs is 1. The third-order valence-corrected chi connectivity index (χ3v) is 5.03. The van der Waals surface area contributed by atoms with Crippen LogP contribution in [0.1, 0.15) is 0 Å². The minimum Gasteiger partial charge on any atom is -0.256 e. The maximum absolute atomic E-state index is 13.0.